The van der Waals surface area contributed by atoms with Crippen molar-refractivity contribution in [3.05, 3.63) is 99.9 Å². The Balaban J connectivity index is 0.000000437. The predicted octanol–water partition coefficient (Wildman–Crippen LogP) is 13.2. The first-order chi connectivity index (χ1) is 22.2. The van der Waals surface area contributed by atoms with E-state index in [1.807, 2.05) is 0 Å². The molecule has 1 fully saturated rings. The number of aryl methyl sites for hydroxylation is 1. The topological polar surface area (TPSA) is 12.5 Å². The van der Waals surface area contributed by atoms with Crippen LogP contribution in [-0.4, -0.2) is 24.6 Å². The second-order valence-corrected chi connectivity index (χ2v) is 13.1. The van der Waals surface area contributed by atoms with Gasteiger partial charge in [0.05, 0.1) is 0 Å². The molecule has 2 atom stereocenters. The van der Waals surface area contributed by atoms with E-state index in [4.69, 9.17) is 4.74 Å². The van der Waals surface area contributed by atoms with Crippen molar-refractivity contribution in [3.8, 4) is 5.75 Å². The Hall–Kier alpha value is -2.65. The average molecular weight is 632 g/mol. The maximum Gasteiger partial charge on any atom is 0.128 e. The van der Waals surface area contributed by atoms with Crippen LogP contribution in [0.3, 0.4) is 0 Å². The summed E-state index contributed by atoms with van der Waals surface area (Å²) in [6.07, 6.45) is 15.8. The largest absolute Gasteiger partial charge is 0.489 e. The van der Waals surface area contributed by atoms with Crippen LogP contribution in [0.15, 0.2) is 71.8 Å². The van der Waals surface area contributed by atoms with Crippen LogP contribution in [0.4, 0.5) is 4.39 Å². The van der Waals surface area contributed by atoms with E-state index in [9.17, 15) is 0 Å². The SMILES string of the molecule is C=CCOc1ccc(C2CC(c3ccc(C(CC)CC)cc3F)N(CCCC)C2)cc1C.CCC.CCC1=CCCC(CC)=C1C. The van der Waals surface area contributed by atoms with Crippen LogP contribution in [0.25, 0.3) is 0 Å². The molecule has 3 heteroatoms. The highest BCUT2D eigenvalue weighted by Crippen LogP contribution is 2.43. The van der Waals surface area contributed by atoms with Crippen LogP contribution >= 0.6 is 0 Å². The normalized spacial score (nSPS) is 18.0. The Morgan fingerprint density at radius 1 is 0.978 bits per heavy atom. The summed E-state index contributed by atoms with van der Waals surface area (Å²) in [4.78, 5) is 2.50. The third kappa shape index (κ3) is 11.3. The molecule has 2 aromatic carbocycles. The predicted molar refractivity (Wildman–Crippen MR) is 200 cm³/mol. The third-order valence-corrected chi connectivity index (χ3v) is 9.73. The summed E-state index contributed by atoms with van der Waals surface area (Å²) in [5, 5.41) is 0. The molecule has 256 valence electrons. The van der Waals surface area contributed by atoms with Crippen LogP contribution in [0.1, 0.15) is 160 Å². The second-order valence-electron chi connectivity index (χ2n) is 13.1. The molecule has 1 aliphatic heterocycles. The lowest BCUT2D eigenvalue weighted by molar-refractivity contribution is 0.247. The summed E-state index contributed by atoms with van der Waals surface area (Å²) >= 11 is 0. The van der Waals surface area contributed by atoms with E-state index in [2.05, 4.69) is 110 Å². The van der Waals surface area contributed by atoms with Gasteiger partial charge in [-0.2, -0.15) is 0 Å². The Labute approximate surface area is 283 Å². The van der Waals surface area contributed by atoms with Gasteiger partial charge in [0, 0.05) is 18.2 Å². The molecule has 0 saturated carbocycles. The minimum Gasteiger partial charge on any atom is -0.489 e. The van der Waals surface area contributed by atoms with Crippen LogP contribution in [0.5, 0.6) is 5.75 Å². The zero-order chi connectivity index (χ0) is 34.1. The van der Waals surface area contributed by atoms with Crippen molar-refractivity contribution in [2.45, 2.75) is 144 Å². The van der Waals surface area contributed by atoms with E-state index in [1.54, 1.807) is 28.9 Å². The number of likely N-dealkylation sites (tertiary alicyclic amines) is 1. The first-order valence-electron chi connectivity index (χ1n) is 18.5. The summed E-state index contributed by atoms with van der Waals surface area (Å²) in [5.41, 5.74) is 9.29. The van der Waals surface area contributed by atoms with Crippen molar-refractivity contribution in [1.29, 1.82) is 0 Å². The summed E-state index contributed by atoms with van der Waals surface area (Å²) in [6.45, 7) is 26.0. The van der Waals surface area contributed by atoms with E-state index >= 15 is 4.39 Å². The number of hydrogen-bond donors (Lipinski definition) is 0. The minimum absolute atomic E-state index is 0.0362. The maximum absolute atomic E-state index is 15.3. The fraction of sp³-hybridized carbons (Fsp3) is 0.581. The van der Waals surface area contributed by atoms with Crippen molar-refractivity contribution < 1.29 is 9.13 Å². The smallest absolute Gasteiger partial charge is 0.128 e. The van der Waals surface area contributed by atoms with Gasteiger partial charge in [0.15, 0.2) is 0 Å². The molecule has 46 heavy (non-hydrogen) atoms. The van der Waals surface area contributed by atoms with Gasteiger partial charge in [-0.25, -0.2) is 4.39 Å². The zero-order valence-electron chi connectivity index (χ0n) is 31.0. The number of unbranched alkanes of at least 4 members (excludes halogenated alkanes) is 1. The zero-order valence-corrected chi connectivity index (χ0v) is 31.0. The van der Waals surface area contributed by atoms with E-state index in [1.165, 1.54) is 37.7 Å². The van der Waals surface area contributed by atoms with Crippen molar-refractivity contribution in [2.24, 2.45) is 0 Å². The van der Waals surface area contributed by atoms with Gasteiger partial charge in [-0.3, -0.25) is 4.90 Å². The van der Waals surface area contributed by atoms with Crippen molar-refractivity contribution >= 4 is 0 Å². The minimum atomic E-state index is -0.0362. The van der Waals surface area contributed by atoms with Gasteiger partial charge in [-0.15, -0.1) is 0 Å². The van der Waals surface area contributed by atoms with E-state index in [-0.39, 0.29) is 11.9 Å². The van der Waals surface area contributed by atoms with Crippen molar-refractivity contribution in [3.63, 3.8) is 0 Å². The molecule has 0 N–H and O–H groups in total. The number of ether oxygens (including phenoxy) is 1. The second kappa shape index (κ2) is 21.3. The van der Waals surface area contributed by atoms with Crippen LogP contribution in [0, 0.1) is 12.7 Å². The molecular weight excluding hydrogens is 565 g/mol. The molecule has 1 heterocycles. The fourth-order valence-electron chi connectivity index (χ4n) is 6.98. The van der Waals surface area contributed by atoms with Crippen LogP contribution in [-0.2, 0) is 0 Å². The van der Waals surface area contributed by atoms with Gasteiger partial charge < -0.3 is 4.74 Å². The number of rotatable bonds is 13. The molecule has 2 aliphatic rings. The van der Waals surface area contributed by atoms with E-state index in [0.717, 1.165) is 67.6 Å². The molecule has 0 bridgehead atoms. The maximum atomic E-state index is 15.3. The standard InChI is InChI=1S/C29H40FNO.C11H18.C3H8/c1-6-10-15-31-20-25(23-12-14-29(21(5)17-23)32-16-7-2)19-28(31)26-13-11-24(18-27(26)30)22(8-3)9-4;1-4-10-7-6-8-11(5-2)9(10)3;1-3-2/h7,11-14,17-18,22,25,28H,2,6,8-10,15-16,19-20H2,1,3-5H3;7H,4-6,8H2,1-3H3;3H2,1-2H3. The molecule has 2 aromatic rings. The lowest BCUT2D eigenvalue weighted by Gasteiger charge is -2.25. The van der Waals surface area contributed by atoms with Gasteiger partial charge in [-0.1, -0.05) is 110 Å². The van der Waals surface area contributed by atoms with Gasteiger partial charge in [0.25, 0.3) is 0 Å². The van der Waals surface area contributed by atoms with Crippen LogP contribution in [0.2, 0.25) is 0 Å². The van der Waals surface area contributed by atoms with Gasteiger partial charge in [0.2, 0.25) is 0 Å². The molecule has 1 aliphatic carbocycles. The summed E-state index contributed by atoms with van der Waals surface area (Å²) in [6, 6.07) is 12.7. The Morgan fingerprint density at radius 2 is 1.70 bits per heavy atom. The van der Waals surface area contributed by atoms with Gasteiger partial charge >= 0.3 is 0 Å². The first-order valence-corrected chi connectivity index (χ1v) is 18.5. The molecule has 0 spiro atoms. The molecule has 0 amide bonds. The molecular formula is C43H66FNO. The van der Waals surface area contributed by atoms with Gasteiger partial charge in [0.1, 0.15) is 18.2 Å². The van der Waals surface area contributed by atoms with Crippen molar-refractivity contribution in [1.82, 2.24) is 4.90 Å². The van der Waals surface area contributed by atoms with Crippen molar-refractivity contribution in [2.75, 3.05) is 19.7 Å². The summed E-state index contributed by atoms with van der Waals surface area (Å²) in [5.74, 6) is 1.72. The lowest BCUT2D eigenvalue weighted by Crippen LogP contribution is -2.25. The third-order valence-electron chi connectivity index (χ3n) is 9.73. The lowest BCUT2D eigenvalue weighted by atomic mass is 9.89. The number of benzene rings is 2. The highest BCUT2D eigenvalue weighted by atomic mass is 19.1. The molecule has 0 aromatic heterocycles. The number of hydrogen-bond acceptors (Lipinski definition) is 2. The van der Waals surface area contributed by atoms with Gasteiger partial charge in [-0.05, 0) is 124 Å². The first kappa shape index (κ1) is 39.5. The number of allylic oxidation sites excluding steroid dienone is 4. The highest BCUT2D eigenvalue weighted by molar-refractivity contribution is 5.39. The average Bonchev–Trinajstić information content (AvgIpc) is 3.48. The van der Waals surface area contributed by atoms with Crippen LogP contribution < -0.4 is 4.74 Å². The summed E-state index contributed by atoms with van der Waals surface area (Å²) in [7, 11) is 0. The number of nitrogens with zero attached hydrogens (tertiary/aromatic N) is 1. The fourth-order valence-corrected chi connectivity index (χ4v) is 6.98. The Kier molecular flexibility index (Phi) is 18.3. The summed E-state index contributed by atoms with van der Waals surface area (Å²) < 4.78 is 21.1. The molecule has 2 nitrogen and oxygen atoms in total. The van der Waals surface area contributed by atoms with E-state index < -0.39 is 0 Å². The number of halogens is 1. The van der Waals surface area contributed by atoms with E-state index in [0.29, 0.717) is 18.4 Å². The molecule has 2 unspecified atom stereocenters. The molecule has 1 saturated heterocycles. The Bertz CT molecular complexity index is 1250. The monoisotopic (exact) mass is 632 g/mol. The molecule has 4 rings (SSSR count). The quantitative estimate of drug-likeness (QED) is 0.204. The highest BCUT2D eigenvalue weighted by Gasteiger charge is 2.35. The Morgan fingerprint density at radius 3 is 2.26 bits per heavy atom. The molecule has 0 radical (unpaired) electrons.